The summed E-state index contributed by atoms with van der Waals surface area (Å²) in [6.45, 7) is 0.932. The Morgan fingerprint density at radius 2 is 2.05 bits per heavy atom. The van der Waals surface area contributed by atoms with Crippen LogP contribution in [0.15, 0.2) is 30.3 Å². The topological polar surface area (TPSA) is 29.5 Å². The van der Waals surface area contributed by atoms with Crippen LogP contribution in [0, 0.1) is 0 Å². The molecule has 1 aliphatic carbocycles. The molecule has 19 heavy (non-hydrogen) atoms. The van der Waals surface area contributed by atoms with E-state index in [1.165, 1.54) is 18.4 Å². The van der Waals surface area contributed by atoms with Gasteiger partial charge in [-0.05, 0) is 50.5 Å². The van der Waals surface area contributed by atoms with Crippen molar-refractivity contribution in [3.63, 3.8) is 0 Å². The van der Waals surface area contributed by atoms with Gasteiger partial charge in [0.15, 0.2) is 0 Å². The van der Waals surface area contributed by atoms with Gasteiger partial charge in [0.2, 0.25) is 0 Å². The van der Waals surface area contributed by atoms with Gasteiger partial charge in [0.1, 0.15) is 0 Å². The summed E-state index contributed by atoms with van der Waals surface area (Å²) < 4.78 is 5.64. The summed E-state index contributed by atoms with van der Waals surface area (Å²) in [4.78, 5) is 0. The molecule has 2 unspecified atom stereocenters. The van der Waals surface area contributed by atoms with E-state index < -0.39 is 0 Å². The van der Waals surface area contributed by atoms with Gasteiger partial charge in [0.05, 0.1) is 12.2 Å². The van der Waals surface area contributed by atoms with E-state index in [0.717, 1.165) is 38.7 Å². The minimum absolute atomic E-state index is 0.0673. The van der Waals surface area contributed by atoms with Crippen LogP contribution >= 0.6 is 0 Å². The number of benzene rings is 1. The molecular formula is C17H24O2. The van der Waals surface area contributed by atoms with Crippen molar-refractivity contribution in [1.29, 1.82) is 0 Å². The lowest BCUT2D eigenvalue weighted by molar-refractivity contribution is 0.0862. The van der Waals surface area contributed by atoms with Crippen molar-refractivity contribution in [2.45, 2.75) is 62.6 Å². The number of hydrogen-bond acceptors (Lipinski definition) is 2. The summed E-state index contributed by atoms with van der Waals surface area (Å²) in [5, 5.41) is 10.5. The van der Waals surface area contributed by atoms with E-state index in [-0.39, 0.29) is 11.5 Å². The first kappa shape index (κ1) is 13.1. The predicted molar refractivity (Wildman–Crippen MR) is 76.2 cm³/mol. The van der Waals surface area contributed by atoms with Gasteiger partial charge in [0, 0.05) is 12.0 Å². The highest BCUT2D eigenvalue weighted by Gasteiger charge is 2.49. The minimum Gasteiger partial charge on any atom is -0.392 e. The molecule has 3 rings (SSSR count). The SMILES string of the molecule is OC(CCCC1CCCO1)C1(c2ccccc2)CC1. The van der Waals surface area contributed by atoms with Crippen molar-refractivity contribution in [3.8, 4) is 0 Å². The summed E-state index contributed by atoms with van der Waals surface area (Å²) in [6, 6.07) is 10.5. The molecule has 1 aromatic rings. The molecule has 1 aromatic carbocycles. The molecule has 2 atom stereocenters. The Morgan fingerprint density at radius 1 is 1.26 bits per heavy atom. The van der Waals surface area contributed by atoms with E-state index >= 15 is 0 Å². The highest BCUT2D eigenvalue weighted by Crippen LogP contribution is 2.52. The molecule has 1 aliphatic heterocycles. The second-order valence-corrected chi connectivity index (χ2v) is 6.10. The third-order valence-corrected chi connectivity index (χ3v) is 4.80. The van der Waals surface area contributed by atoms with Crippen LogP contribution in [0.4, 0.5) is 0 Å². The molecular weight excluding hydrogens is 236 g/mol. The maximum atomic E-state index is 10.5. The summed E-state index contributed by atoms with van der Waals surface area (Å²) in [5.74, 6) is 0. The van der Waals surface area contributed by atoms with Gasteiger partial charge in [-0.25, -0.2) is 0 Å². The van der Waals surface area contributed by atoms with Crippen LogP contribution in [0.25, 0.3) is 0 Å². The molecule has 0 bridgehead atoms. The fourth-order valence-corrected chi connectivity index (χ4v) is 3.41. The first-order valence-electron chi connectivity index (χ1n) is 7.66. The lowest BCUT2D eigenvalue weighted by atomic mass is 9.87. The van der Waals surface area contributed by atoms with E-state index in [4.69, 9.17) is 4.74 Å². The molecule has 104 valence electrons. The molecule has 1 saturated heterocycles. The van der Waals surface area contributed by atoms with E-state index in [1.54, 1.807) is 0 Å². The average molecular weight is 260 g/mol. The smallest absolute Gasteiger partial charge is 0.0636 e. The van der Waals surface area contributed by atoms with Gasteiger partial charge < -0.3 is 9.84 Å². The summed E-state index contributed by atoms with van der Waals surface area (Å²) in [6.07, 6.45) is 8.07. The second-order valence-electron chi connectivity index (χ2n) is 6.10. The summed E-state index contributed by atoms with van der Waals surface area (Å²) in [5.41, 5.74) is 1.39. The predicted octanol–water partition coefficient (Wildman–Crippen LogP) is 3.43. The van der Waals surface area contributed by atoms with Gasteiger partial charge in [-0.3, -0.25) is 0 Å². The standard InChI is InChI=1S/C17H24O2/c18-16(10-4-8-15-9-5-13-19-15)17(11-12-17)14-6-2-1-3-7-14/h1-3,6-7,15-16,18H,4-5,8-13H2. The summed E-state index contributed by atoms with van der Waals surface area (Å²) in [7, 11) is 0. The molecule has 2 heteroatoms. The van der Waals surface area contributed by atoms with Crippen LogP contribution in [-0.4, -0.2) is 23.9 Å². The number of hydrogen-bond donors (Lipinski definition) is 1. The highest BCUT2D eigenvalue weighted by molar-refractivity contribution is 5.32. The van der Waals surface area contributed by atoms with Gasteiger partial charge in [-0.15, -0.1) is 0 Å². The van der Waals surface area contributed by atoms with Crippen molar-refractivity contribution in [1.82, 2.24) is 0 Å². The Hall–Kier alpha value is -0.860. The molecule has 1 N–H and O–H groups in total. The Kier molecular flexibility index (Phi) is 3.90. The molecule has 0 spiro atoms. The molecule has 0 radical (unpaired) electrons. The maximum Gasteiger partial charge on any atom is 0.0636 e. The quantitative estimate of drug-likeness (QED) is 0.849. The molecule has 1 saturated carbocycles. The first-order chi connectivity index (χ1) is 9.31. The van der Waals surface area contributed by atoms with Crippen LogP contribution < -0.4 is 0 Å². The Balaban J connectivity index is 1.51. The lowest BCUT2D eigenvalue weighted by Crippen LogP contribution is -2.26. The van der Waals surface area contributed by atoms with Crippen molar-refractivity contribution >= 4 is 0 Å². The zero-order valence-electron chi connectivity index (χ0n) is 11.6. The van der Waals surface area contributed by atoms with Gasteiger partial charge in [-0.2, -0.15) is 0 Å². The van der Waals surface area contributed by atoms with Crippen LogP contribution in [0.3, 0.4) is 0 Å². The van der Waals surface area contributed by atoms with Crippen molar-refractivity contribution in [3.05, 3.63) is 35.9 Å². The van der Waals surface area contributed by atoms with Crippen molar-refractivity contribution in [2.24, 2.45) is 0 Å². The average Bonchev–Trinajstić information content (AvgIpc) is 3.11. The second kappa shape index (κ2) is 5.64. The first-order valence-corrected chi connectivity index (χ1v) is 7.66. The zero-order chi connectivity index (χ0) is 13.1. The molecule has 0 amide bonds. The Bertz CT molecular complexity index is 391. The van der Waals surface area contributed by atoms with Crippen LogP contribution in [0.5, 0.6) is 0 Å². The lowest BCUT2D eigenvalue weighted by Gasteiger charge is -2.23. The third kappa shape index (κ3) is 2.85. The minimum atomic E-state index is -0.184. The highest BCUT2D eigenvalue weighted by atomic mass is 16.5. The molecule has 2 nitrogen and oxygen atoms in total. The van der Waals surface area contributed by atoms with Gasteiger partial charge in [-0.1, -0.05) is 30.3 Å². The number of aliphatic hydroxyl groups is 1. The van der Waals surface area contributed by atoms with Crippen LogP contribution in [-0.2, 0) is 10.2 Å². The number of ether oxygens (including phenoxy) is 1. The molecule has 2 fully saturated rings. The molecule has 2 aliphatic rings. The summed E-state index contributed by atoms with van der Waals surface area (Å²) >= 11 is 0. The zero-order valence-corrected chi connectivity index (χ0v) is 11.6. The molecule has 1 heterocycles. The normalized spacial score (nSPS) is 26.3. The fraction of sp³-hybridized carbons (Fsp3) is 0.647. The monoisotopic (exact) mass is 260 g/mol. The largest absolute Gasteiger partial charge is 0.392 e. The van der Waals surface area contributed by atoms with Crippen LogP contribution in [0.2, 0.25) is 0 Å². The van der Waals surface area contributed by atoms with E-state index in [0.29, 0.717) is 6.10 Å². The third-order valence-electron chi connectivity index (χ3n) is 4.80. The van der Waals surface area contributed by atoms with E-state index in [2.05, 4.69) is 24.3 Å². The van der Waals surface area contributed by atoms with Crippen LogP contribution in [0.1, 0.15) is 50.5 Å². The Labute approximate surface area is 115 Å². The van der Waals surface area contributed by atoms with Crippen molar-refractivity contribution in [2.75, 3.05) is 6.61 Å². The number of aliphatic hydroxyl groups excluding tert-OH is 1. The molecule has 0 aromatic heterocycles. The van der Waals surface area contributed by atoms with Gasteiger partial charge >= 0.3 is 0 Å². The number of rotatable bonds is 6. The van der Waals surface area contributed by atoms with Gasteiger partial charge in [0.25, 0.3) is 0 Å². The maximum absolute atomic E-state index is 10.5. The Morgan fingerprint density at radius 3 is 2.68 bits per heavy atom. The fourth-order valence-electron chi connectivity index (χ4n) is 3.41. The van der Waals surface area contributed by atoms with Crippen molar-refractivity contribution < 1.29 is 9.84 Å². The van der Waals surface area contributed by atoms with E-state index in [1.807, 2.05) is 6.07 Å². The van der Waals surface area contributed by atoms with E-state index in [9.17, 15) is 5.11 Å².